The molecule has 0 amide bonds. The van der Waals surface area contributed by atoms with E-state index >= 15 is 0 Å². The molecule has 1 aliphatic rings. The number of aliphatic imine (C=N–C) groups is 1. The number of nitro groups is 1. The summed E-state index contributed by atoms with van der Waals surface area (Å²) in [6.07, 6.45) is 1.48. The van der Waals surface area contributed by atoms with Gasteiger partial charge in [-0.05, 0) is 55.3 Å². The maximum Gasteiger partial charge on any atom is 0.363 e. The minimum absolute atomic E-state index is 0.00515. The quantitative estimate of drug-likeness (QED) is 0.143. The third-order valence-corrected chi connectivity index (χ3v) is 5.75. The molecule has 36 heavy (non-hydrogen) atoms. The molecule has 0 saturated heterocycles. The Kier molecular flexibility index (Phi) is 7.57. The van der Waals surface area contributed by atoms with Gasteiger partial charge in [0.2, 0.25) is 5.90 Å². The third kappa shape index (κ3) is 5.67. The summed E-state index contributed by atoms with van der Waals surface area (Å²) in [5, 5.41) is 11.4. The average Bonchev–Trinajstić information content (AvgIpc) is 3.20. The second-order valence-electron chi connectivity index (χ2n) is 7.80. The standard InChI is InChI=1S/C26H20Cl2N2O6/c1-3-34-23-12-17(10-20(28)24(23)35-14-16-6-4-15(2)5-7-16)11-21-26(31)36-25(29-21)18-8-9-19(27)22(13-18)30(32)33/h4-13H,3,14H2,1-2H3/b21-11+. The topological polar surface area (TPSA) is 100 Å². The number of hydrogen-bond acceptors (Lipinski definition) is 7. The predicted molar refractivity (Wildman–Crippen MR) is 137 cm³/mol. The van der Waals surface area contributed by atoms with Gasteiger partial charge in [0.25, 0.3) is 5.69 Å². The van der Waals surface area contributed by atoms with Crippen LogP contribution in [0.2, 0.25) is 10.0 Å². The number of nitrogens with zero attached hydrogens (tertiary/aromatic N) is 2. The first-order valence-electron chi connectivity index (χ1n) is 10.9. The molecule has 3 aromatic carbocycles. The summed E-state index contributed by atoms with van der Waals surface area (Å²) in [6.45, 7) is 4.51. The van der Waals surface area contributed by atoms with Crippen molar-refractivity contribution in [2.24, 2.45) is 4.99 Å². The molecule has 0 aliphatic carbocycles. The van der Waals surface area contributed by atoms with E-state index in [9.17, 15) is 14.9 Å². The lowest BCUT2D eigenvalue weighted by Gasteiger charge is -2.14. The number of carbonyl (C=O) groups is 1. The number of benzene rings is 3. The van der Waals surface area contributed by atoms with Crippen molar-refractivity contribution in [2.75, 3.05) is 6.61 Å². The smallest absolute Gasteiger partial charge is 0.363 e. The summed E-state index contributed by atoms with van der Waals surface area (Å²) in [4.78, 5) is 27.2. The van der Waals surface area contributed by atoms with Crippen LogP contribution in [-0.2, 0) is 16.1 Å². The molecule has 1 heterocycles. The van der Waals surface area contributed by atoms with Gasteiger partial charge in [0.05, 0.1) is 16.6 Å². The summed E-state index contributed by atoms with van der Waals surface area (Å²) in [7, 11) is 0. The molecule has 184 valence electrons. The minimum atomic E-state index is -0.712. The molecule has 3 aromatic rings. The zero-order chi connectivity index (χ0) is 25.8. The van der Waals surface area contributed by atoms with Gasteiger partial charge in [-0.15, -0.1) is 0 Å². The number of halogens is 2. The van der Waals surface area contributed by atoms with Crippen molar-refractivity contribution < 1.29 is 23.9 Å². The van der Waals surface area contributed by atoms with Crippen molar-refractivity contribution in [3.05, 3.63) is 103 Å². The fourth-order valence-corrected chi connectivity index (χ4v) is 3.85. The maximum atomic E-state index is 12.4. The Morgan fingerprint density at radius 3 is 2.50 bits per heavy atom. The number of rotatable bonds is 8. The van der Waals surface area contributed by atoms with Crippen LogP contribution >= 0.6 is 23.2 Å². The van der Waals surface area contributed by atoms with Crippen molar-refractivity contribution in [3.8, 4) is 11.5 Å². The molecule has 0 aromatic heterocycles. The zero-order valence-electron chi connectivity index (χ0n) is 19.3. The van der Waals surface area contributed by atoms with Gasteiger partial charge in [0, 0.05) is 11.6 Å². The molecule has 0 radical (unpaired) electrons. The van der Waals surface area contributed by atoms with E-state index in [1.807, 2.05) is 38.1 Å². The van der Waals surface area contributed by atoms with E-state index in [2.05, 4.69) is 4.99 Å². The number of cyclic esters (lactones) is 1. The Labute approximate surface area is 216 Å². The second kappa shape index (κ2) is 10.8. The van der Waals surface area contributed by atoms with Gasteiger partial charge in [-0.1, -0.05) is 53.0 Å². The van der Waals surface area contributed by atoms with Crippen molar-refractivity contribution in [3.63, 3.8) is 0 Å². The molecular weight excluding hydrogens is 507 g/mol. The highest BCUT2D eigenvalue weighted by atomic mass is 35.5. The van der Waals surface area contributed by atoms with Gasteiger partial charge < -0.3 is 14.2 Å². The molecule has 0 fully saturated rings. The summed E-state index contributed by atoms with van der Waals surface area (Å²) >= 11 is 12.4. The number of esters is 1. The van der Waals surface area contributed by atoms with E-state index in [0.29, 0.717) is 35.3 Å². The van der Waals surface area contributed by atoms with E-state index in [1.165, 1.54) is 24.3 Å². The fraction of sp³-hybridized carbons (Fsp3) is 0.154. The Morgan fingerprint density at radius 2 is 1.81 bits per heavy atom. The molecule has 0 saturated carbocycles. The Morgan fingerprint density at radius 1 is 1.06 bits per heavy atom. The highest BCUT2D eigenvalue weighted by molar-refractivity contribution is 6.33. The molecule has 10 heteroatoms. The lowest BCUT2D eigenvalue weighted by Crippen LogP contribution is -2.06. The van der Waals surface area contributed by atoms with Crippen LogP contribution in [0, 0.1) is 17.0 Å². The van der Waals surface area contributed by atoms with Crippen molar-refractivity contribution in [1.82, 2.24) is 0 Å². The second-order valence-corrected chi connectivity index (χ2v) is 8.61. The van der Waals surface area contributed by atoms with E-state index in [-0.39, 0.29) is 27.9 Å². The summed E-state index contributed by atoms with van der Waals surface area (Å²) in [6, 6.07) is 15.3. The number of ether oxygens (including phenoxy) is 3. The third-order valence-electron chi connectivity index (χ3n) is 5.15. The SMILES string of the molecule is CCOc1cc(/C=C2/N=C(c3ccc(Cl)c([N+](=O)[O-])c3)OC2=O)cc(Cl)c1OCc1ccc(C)cc1. The Balaban J connectivity index is 1.62. The fourth-order valence-electron chi connectivity index (χ4n) is 3.39. The first-order valence-corrected chi connectivity index (χ1v) is 11.6. The van der Waals surface area contributed by atoms with Gasteiger partial charge in [-0.25, -0.2) is 9.79 Å². The van der Waals surface area contributed by atoms with Crippen LogP contribution in [0.25, 0.3) is 6.08 Å². The first-order chi connectivity index (χ1) is 17.2. The Hall–Kier alpha value is -3.88. The summed E-state index contributed by atoms with van der Waals surface area (Å²) < 4.78 is 16.9. The number of carbonyl (C=O) groups excluding carboxylic acids is 1. The molecule has 0 unspecified atom stereocenters. The van der Waals surface area contributed by atoms with Gasteiger partial charge in [0.15, 0.2) is 17.2 Å². The number of aryl methyl sites for hydroxylation is 1. The van der Waals surface area contributed by atoms with E-state index in [1.54, 1.807) is 12.1 Å². The van der Waals surface area contributed by atoms with Crippen LogP contribution in [0.5, 0.6) is 11.5 Å². The van der Waals surface area contributed by atoms with Crippen LogP contribution in [0.4, 0.5) is 5.69 Å². The molecule has 0 spiro atoms. The molecule has 1 aliphatic heterocycles. The molecule has 0 atom stereocenters. The highest BCUT2D eigenvalue weighted by Crippen LogP contribution is 2.38. The molecule has 0 bridgehead atoms. The normalized spacial score (nSPS) is 13.9. The van der Waals surface area contributed by atoms with Crippen molar-refractivity contribution in [2.45, 2.75) is 20.5 Å². The maximum absolute atomic E-state index is 12.4. The molecule has 8 nitrogen and oxygen atoms in total. The van der Waals surface area contributed by atoms with Gasteiger partial charge in [-0.2, -0.15) is 0 Å². The van der Waals surface area contributed by atoms with E-state index < -0.39 is 10.9 Å². The minimum Gasteiger partial charge on any atom is -0.490 e. The summed E-state index contributed by atoms with van der Waals surface area (Å²) in [5.74, 6) is 0.0114. The van der Waals surface area contributed by atoms with Crippen LogP contribution in [-0.4, -0.2) is 23.4 Å². The van der Waals surface area contributed by atoms with Crippen molar-refractivity contribution in [1.29, 1.82) is 0 Å². The van der Waals surface area contributed by atoms with Crippen LogP contribution in [0.15, 0.2) is 65.3 Å². The van der Waals surface area contributed by atoms with E-state index in [0.717, 1.165) is 11.1 Å². The van der Waals surface area contributed by atoms with Gasteiger partial charge in [-0.3, -0.25) is 10.1 Å². The van der Waals surface area contributed by atoms with Crippen LogP contribution < -0.4 is 9.47 Å². The zero-order valence-corrected chi connectivity index (χ0v) is 20.8. The molecule has 0 N–H and O–H groups in total. The molecular formula is C26H20Cl2N2O6. The van der Waals surface area contributed by atoms with Gasteiger partial charge in [0.1, 0.15) is 11.6 Å². The number of nitro benzene ring substituents is 1. The monoisotopic (exact) mass is 526 g/mol. The largest absolute Gasteiger partial charge is 0.490 e. The Bertz CT molecular complexity index is 1400. The predicted octanol–water partition coefficient (Wildman–Crippen LogP) is 6.53. The van der Waals surface area contributed by atoms with Crippen LogP contribution in [0.3, 0.4) is 0 Å². The summed E-state index contributed by atoms with van der Waals surface area (Å²) in [5.41, 5.74) is 2.58. The average molecular weight is 527 g/mol. The van der Waals surface area contributed by atoms with Gasteiger partial charge >= 0.3 is 5.97 Å². The first kappa shape index (κ1) is 25.2. The number of hydrogen-bond donors (Lipinski definition) is 0. The van der Waals surface area contributed by atoms with Crippen LogP contribution in [0.1, 0.15) is 29.2 Å². The highest BCUT2D eigenvalue weighted by Gasteiger charge is 2.26. The molecule has 4 rings (SSSR count). The van der Waals surface area contributed by atoms with Crippen molar-refractivity contribution >= 4 is 46.8 Å². The lowest BCUT2D eigenvalue weighted by molar-refractivity contribution is -0.384. The lowest BCUT2D eigenvalue weighted by atomic mass is 10.1. The van der Waals surface area contributed by atoms with E-state index in [4.69, 9.17) is 37.4 Å².